The third kappa shape index (κ3) is 5.42. The minimum atomic E-state index is 0.574. The van der Waals surface area contributed by atoms with Gasteiger partial charge in [-0.25, -0.2) is 0 Å². The van der Waals surface area contributed by atoms with E-state index in [-0.39, 0.29) is 0 Å². The zero-order valence-corrected chi connectivity index (χ0v) is 12.7. The molecule has 0 aromatic heterocycles. The van der Waals surface area contributed by atoms with E-state index in [4.69, 9.17) is 5.73 Å². The molecule has 1 unspecified atom stereocenters. The van der Waals surface area contributed by atoms with Crippen molar-refractivity contribution >= 4 is 11.8 Å². The molecule has 0 aliphatic heterocycles. The highest BCUT2D eigenvalue weighted by molar-refractivity contribution is 7.99. The Kier molecular flexibility index (Phi) is 7.40. The van der Waals surface area contributed by atoms with Crippen LogP contribution in [0.3, 0.4) is 0 Å². The Morgan fingerprint density at radius 3 is 2.50 bits per heavy atom. The maximum absolute atomic E-state index is 5.59. The Bertz CT molecular complexity index is 324. The summed E-state index contributed by atoms with van der Waals surface area (Å²) in [6.45, 7) is 6.30. The van der Waals surface area contributed by atoms with Gasteiger partial charge in [-0.05, 0) is 56.8 Å². The number of nitrogens with zero attached hydrogens (tertiary/aromatic N) is 1. The highest BCUT2D eigenvalue weighted by Crippen LogP contribution is 2.18. The molecule has 0 heterocycles. The molecule has 0 aliphatic rings. The number of benzene rings is 1. The number of rotatable bonds is 8. The lowest BCUT2D eigenvalue weighted by molar-refractivity contribution is 0.251. The highest BCUT2D eigenvalue weighted by Gasteiger charge is 2.07. The van der Waals surface area contributed by atoms with Crippen LogP contribution in [0.4, 0.5) is 0 Å². The normalized spacial score (nSPS) is 12.9. The summed E-state index contributed by atoms with van der Waals surface area (Å²) in [6, 6.07) is 9.53. The van der Waals surface area contributed by atoms with Gasteiger partial charge in [-0.2, -0.15) is 0 Å². The Morgan fingerprint density at radius 1 is 1.28 bits per heavy atom. The molecule has 0 saturated carbocycles. The van der Waals surface area contributed by atoms with Crippen LogP contribution in [-0.2, 0) is 6.42 Å². The van der Waals surface area contributed by atoms with Crippen LogP contribution < -0.4 is 5.73 Å². The molecular weight excluding hydrogens is 240 g/mol. The lowest BCUT2D eigenvalue weighted by Crippen LogP contribution is -2.32. The average molecular weight is 266 g/mol. The van der Waals surface area contributed by atoms with Crippen molar-refractivity contribution < 1.29 is 0 Å². The largest absolute Gasteiger partial charge is 0.330 e. The maximum atomic E-state index is 5.59. The Balaban J connectivity index is 2.38. The fraction of sp³-hybridized carbons (Fsp3) is 0.600. The Labute approximate surface area is 116 Å². The molecular formula is C15H26N2S. The van der Waals surface area contributed by atoms with Crippen LogP contribution in [0.1, 0.15) is 25.8 Å². The maximum Gasteiger partial charge on any atom is 0.00760 e. The van der Waals surface area contributed by atoms with Crippen LogP contribution in [0.5, 0.6) is 0 Å². The summed E-state index contributed by atoms with van der Waals surface area (Å²) >= 11 is 1.90. The second-order valence-corrected chi connectivity index (χ2v) is 6.07. The molecule has 0 amide bonds. The second kappa shape index (κ2) is 8.57. The van der Waals surface area contributed by atoms with E-state index in [0.717, 1.165) is 31.7 Å². The quantitative estimate of drug-likeness (QED) is 0.733. The fourth-order valence-electron chi connectivity index (χ4n) is 1.91. The highest BCUT2D eigenvalue weighted by atomic mass is 32.2. The fourth-order valence-corrected chi connectivity index (χ4v) is 2.57. The van der Waals surface area contributed by atoms with E-state index in [1.807, 2.05) is 11.8 Å². The van der Waals surface area contributed by atoms with Gasteiger partial charge in [0, 0.05) is 17.5 Å². The monoisotopic (exact) mass is 266 g/mol. The molecule has 0 radical (unpaired) electrons. The molecule has 0 saturated heterocycles. The van der Waals surface area contributed by atoms with E-state index in [9.17, 15) is 0 Å². The molecule has 1 atom stereocenters. The van der Waals surface area contributed by atoms with Crippen molar-refractivity contribution in [3.8, 4) is 0 Å². The molecule has 1 aromatic rings. The van der Waals surface area contributed by atoms with E-state index in [1.54, 1.807) is 0 Å². The van der Waals surface area contributed by atoms with Crippen LogP contribution in [0.2, 0.25) is 0 Å². The van der Waals surface area contributed by atoms with Gasteiger partial charge in [0.15, 0.2) is 0 Å². The Hall–Kier alpha value is -0.510. The van der Waals surface area contributed by atoms with Gasteiger partial charge in [-0.15, -0.1) is 11.8 Å². The van der Waals surface area contributed by atoms with Crippen molar-refractivity contribution in [3.05, 3.63) is 29.8 Å². The van der Waals surface area contributed by atoms with Crippen LogP contribution in [0, 0.1) is 0 Å². The zero-order valence-electron chi connectivity index (χ0n) is 11.9. The molecule has 1 rings (SSSR count). The number of thioether (sulfide) groups is 1. The molecule has 102 valence electrons. The molecule has 0 aliphatic carbocycles. The lowest BCUT2D eigenvalue weighted by Gasteiger charge is -2.24. The molecule has 2 nitrogen and oxygen atoms in total. The van der Waals surface area contributed by atoms with Crippen molar-refractivity contribution in [1.82, 2.24) is 4.90 Å². The van der Waals surface area contributed by atoms with Gasteiger partial charge in [-0.3, -0.25) is 0 Å². The third-order valence-corrected chi connectivity index (χ3v) is 4.22. The summed E-state index contributed by atoms with van der Waals surface area (Å²) in [6.07, 6.45) is 2.19. The molecule has 3 heteroatoms. The molecule has 0 fully saturated rings. The SMILES string of the molecule is CCSc1ccc(CCN(C)C(C)CCN)cc1. The van der Waals surface area contributed by atoms with E-state index in [2.05, 4.69) is 50.1 Å². The van der Waals surface area contributed by atoms with Crippen LogP contribution in [0.15, 0.2) is 29.2 Å². The van der Waals surface area contributed by atoms with Gasteiger partial charge < -0.3 is 10.6 Å². The Morgan fingerprint density at radius 2 is 1.94 bits per heavy atom. The van der Waals surface area contributed by atoms with Crippen LogP contribution in [0.25, 0.3) is 0 Å². The minimum absolute atomic E-state index is 0.574. The molecule has 0 bridgehead atoms. The predicted octanol–water partition coefficient (Wildman–Crippen LogP) is 3.01. The number of likely N-dealkylation sites (N-methyl/N-ethyl adjacent to an activating group) is 1. The molecule has 2 N–H and O–H groups in total. The summed E-state index contributed by atoms with van der Waals surface area (Å²) in [7, 11) is 2.18. The topological polar surface area (TPSA) is 29.3 Å². The van der Waals surface area contributed by atoms with Gasteiger partial charge in [0.25, 0.3) is 0 Å². The van der Waals surface area contributed by atoms with Gasteiger partial charge in [0.2, 0.25) is 0 Å². The van der Waals surface area contributed by atoms with Crippen molar-refractivity contribution in [2.24, 2.45) is 5.73 Å². The smallest absolute Gasteiger partial charge is 0.00760 e. The zero-order chi connectivity index (χ0) is 13.4. The van der Waals surface area contributed by atoms with E-state index in [1.165, 1.54) is 10.5 Å². The van der Waals surface area contributed by atoms with Crippen molar-refractivity contribution in [2.75, 3.05) is 25.9 Å². The average Bonchev–Trinajstić information content (AvgIpc) is 2.38. The van der Waals surface area contributed by atoms with Gasteiger partial charge in [0.05, 0.1) is 0 Å². The van der Waals surface area contributed by atoms with Crippen molar-refractivity contribution in [1.29, 1.82) is 0 Å². The van der Waals surface area contributed by atoms with Crippen molar-refractivity contribution in [3.63, 3.8) is 0 Å². The minimum Gasteiger partial charge on any atom is -0.330 e. The summed E-state index contributed by atoms with van der Waals surface area (Å²) < 4.78 is 0. The molecule has 18 heavy (non-hydrogen) atoms. The van der Waals surface area contributed by atoms with E-state index >= 15 is 0 Å². The first-order valence-electron chi connectivity index (χ1n) is 6.79. The molecule has 1 aromatic carbocycles. The first-order chi connectivity index (χ1) is 8.67. The summed E-state index contributed by atoms with van der Waals surface area (Å²) in [5, 5.41) is 0. The number of hydrogen-bond acceptors (Lipinski definition) is 3. The van der Waals surface area contributed by atoms with Crippen LogP contribution >= 0.6 is 11.8 Å². The summed E-state index contributed by atoms with van der Waals surface area (Å²) in [5.74, 6) is 1.14. The number of nitrogens with two attached hydrogens (primary N) is 1. The summed E-state index contributed by atoms with van der Waals surface area (Å²) in [4.78, 5) is 3.76. The van der Waals surface area contributed by atoms with Gasteiger partial charge in [0.1, 0.15) is 0 Å². The van der Waals surface area contributed by atoms with E-state index < -0.39 is 0 Å². The predicted molar refractivity (Wildman–Crippen MR) is 82.3 cm³/mol. The summed E-state index contributed by atoms with van der Waals surface area (Å²) in [5.41, 5.74) is 7.01. The first-order valence-corrected chi connectivity index (χ1v) is 7.78. The standard InChI is InChI=1S/C15H26N2S/c1-4-18-15-7-5-14(6-8-15)10-12-17(3)13(2)9-11-16/h5-8,13H,4,9-12,16H2,1-3H3. The van der Waals surface area contributed by atoms with E-state index in [0.29, 0.717) is 6.04 Å². The second-order valence-electron chi connectivity index (χ2n) is 4.73. The van der Waals surface area contributed by atoms with Crippen LogP contribution in [-0.4, -0.2) is 36.8 Å². The van der Waals surface area contributed by atoms with Gasteiger partial charge in [-0.1, -0.05) is 19.1 Å². The third-order valence-electron chi connectivity index (χ3n) is 3.32. The number of hydrogen-bond donors (Lipinski definition) is 1. The van der Waals surface area contributed by atoms with Crippen molar-refractivity contribution in [2.45, 2.75) is 37.6 Å². The first kappa shape index (κ1) is 15.5. The van der Waals surface area contributed by atoms with Gasteiger partial charge >= 0.3 is 0 Å². The lowest BCUT2D eigenvalue weighted by atomic mass is 10.1. The molecule has 0 spiro atoms.